The van der Waals surface area contributed by atoms with Crippen molar-refractivity contribution in [2.75, 3.05) is 18.4 Å². The third kappa shape index (κ3) is 3.76. The average molecular weight is 347 g/mol. The van der Waals surface area contributed by atoms with Crippen LogP contribution in [0.25, 0.3) is 11.0 Å². The lowest BCUT2D eigenvalue weighted by Crippen LogP contribution is -2.32. The maximum absolute atomic E-state index is 11.5. The van der Waals surface area contributed by atoms with Gasteiger partial charge in [-0.05, 0) is 28.1 Å². The van der Waals surface area contributed by atoms with Crippen molar-refractivity contribution in [3.8, 4) is 0 Å². The first kappa shape index (κ1) is 15.6. The van der Waals surface area contributed by atoms with Gasteiger partial charge in [0, 0.05) is 25.5 Å². The Bertz CT molecular complexity index is 580. The van der Waals surface area contributed by atoms with E-state index >= 15 is 0 Å². The van der Waals surface area contributed by atoms with Gasteiger partial charge in [0.15, 0.2) is 0 Å². The number of nitrogens with zero attached hydrogens (tertiary/aromatic N) is 2. The number of amides is 2. The molecule has 0 aliphatic rings. The Morgan fingerprint density at radius 3 is 2.79 bits per heavy atom. The second-order valence-corrected chi connectivity index (χ2v) is 4.31. The molecule has 0 saturated heterocycles. The second kappa shape index (κ2) is 7.22. The summed E-state index contributed by atoms with van der Waals surface area (Å²) >= 11 is 3.41. The molecule has 0 fully saturated rings. The molecule has 0 unspecified atom stereocenters. The summed E-state index contributed by atoms with van der Waals surface area (Å²) in [4.78, 5) is 19.9. The van der Waals surface area contributed by atoms with Gasteiger partial charge in [-0.2, -0.15) is 0 Å². The summed E-state index contributed by atoms with van der Waals surface area (Å²) in [5, 5.41) is 5.34. The van der Waals surface area contributed by atoms with Crippen LogP contribution < -0.4 is 16.4 Å². The van der Waals surface area contributed by atoms with Gasteiger partial charge in [-0.3, -0.25) is 9.97 Å². The van der Waals surface area contributed by atoms with E-state index in [1.54, 1.807) is 24.5 Å². The van der Waals surface area contributed by atoms with E-state index in [-0.39, 0.29) is 18.4 Å². The van der Waals surface area contributed by atoms with E-state index in [0.29, 0.717) is 28.8 Å². The standard InChI is InChI=1S/C11H12BrN5O.ClH/c12-9-7(17-11(18)16-4-3-13)1-2-8-10(9)15-6-5-14-8;/h1-2,5-6H,3-4,13H2,(H2,16,17,18);1H. The fourth-order valence-corrected chi connectivity index (χ4v) is 1.99. The minimum absolute atomic E-state index is 0. The summed E-state index contributed by atoms with van der Waals surface area (Å²) in [6, 6.07) is 3.26. The highest BCUT2D eigenvalue weighted by molar-refractivity contribution is 9.10. The molecule has 0 spiro atoms. The Hall–Kier alpha value is -1.44. The Kier molecular flexibility index (Phi) is 5.94. The molecule has 0 aliphatic heterocycles. The normalized spacial score (nSPS) is 9.79. The molecule has 2 amide bonds. The summed E-state index contributed by atoms with van der Waals surface area (Å²) in [5.74, 6) is 0. The number of aromatic nitrogens is 2. The predicted octanol–water partition coefficient (Wildman–Crippen LogP) is 1.89. The van der Waals surface area contributed by atoms with Gasteiger partial charge < -0.3 is 16.4 Å². The van der Waals surface area contributed by atoms with Crippen molar-refractivity contribution >= 4 is 51.1 Å². The number of urea groups is 1. The third-order valence-electron chi connectivity index (χ3n) is 2.26. The Balaban J connectivity index is 0.00000180. The molecule has 0 radical (unpaired) electrons. The fraction of sp³-hybridized carbons (Fsp3) is 0.182. The highest BCUT2D eigenvalue weighted by Gasteiger charge is 2.09. The van der Waals surface area contributed by atoms with E-state index in [2.05, 4.69) is 36.5 Å². The van der Waals surface area contributed by atoms with Gasteiger partial charge in [-0.25, -0.2) is 4.79 Å². The van der Waals surface area contributed by atoms with Crippen molar-refractivity contribution in [2.45, 2.75) is 0 Å². The maximum Gasteiger partial charge on any atom is 0.319 e. The van der Waals surface area contributed by atoms with Gasteiger partial charge in [0.25, 0.3) is 0 Å². The number of carbonyl (C=O) groups is 1. The minimum Gasteiger partial charge on any atom is -0.337 e. The smallest absolute Gasteiger partial charge is 0.319 e. The van der Waals surface area contributed by atoms with Crippen LogP contribution in [-0.4, -0.2) is 29.1 Å². The van der Waals surface area contributed by atoms with Gasteiger partial charge in [0.1, 0.15) is 5.52 Å². The van der Waals surface area contributed by atoms with Crippen LogP contribution in [0.5, 0.6) is 0 Å². The van der Waals surface area contributed by atoms with Gasteiger partial charge in [-0.1, -0.05) is 0 Å². The van der Waals surface area contributed by atoms with Crippen LogP contribution in [0.2, 0.25) is 0 Å². The lowest BCUT2D eigenvalue weighted by molar-refractivity contribution is 0.252. The summed E-state index contributed by atoms with van der Waals surface area (Å²) in [5.41, 5.74) is 7.41. The molecule has 1 heterocycles. The largest absolute Gasteiger partial charge is 0.337 e. The molecule has 4 N–H and O–H groups in total. The number of rotatable bonds is 3. The van der Waals surface area contributed by atoms with Crippen LogP contribution in [0.1, 0.15) is 0 Å². The Morgan fingerprint density at radius 1 is 1.32 bits per heavy atom. The zero-order chi connectivity index (χ0) is 13.0. The monoisotopic (exact) mass is 345 g/mol. The molecule has 1 aromatic heterocycles. The third-order valence-corrected chi connectivity index (χ3v) is 3.06. The number of nitrogens with two attached hydrogens (primary N) is 1. The second-order valence-electron chi connectivity index (χ2n) is 3.52. The van der Waals surface area contributed by atoms with Gasteiger partial charge in [-0.15, -0.1) is 12.4 Å². The quantitative estimate of drug-likeness (QED) is 0.791. The van der Waals surface area contributed by atoms with Crippen molar-refractivity contribution in [3.05, 3.63) is 29.0 Å². The number of nitrogens with one attached hydrogen (secondary N) is 2. The lowest BCUT2D eigenvalue weighted by atomic mass is 10.2. The van der Waals surface area contributed by atoms with Crippen molar-refractivity contribution in [1.29, 1.82) is 0 Å². The van der Waals surface area contributed by atoms with Crippen LogP contribution in [-0.2, 0) is 0 Å². The zero-order valence-electron chi connectivity index (χ0n) is 9.89. The van der Waals surface area contributed by atoms with Crippen LogP contribution in [0.4, 0.5) is 10.5 Å². The molecule has 0 aliphatic carbocycles. The van der Waals surface area contributed by atoms with Crippen molar-refractivity contribution < 1.29 is 4.79 Å². The summed E-state index contributed by atoms with van der Waals surface area (Å²) in [6.07, 6.45) is 3.22. The zero-order valence-corrected chi connectivity index (χ0v) is 12.3. The molecular weight excluding hydrogens is 334 g/mol. The van der Waals surface area contributed by atoms with Crippen LogP contribution in [0, 0.1) is 0 Å². The Labute approximate surface area is 124 Å². The van der Waals surface area contributed by atoms with Crippen molar-refractivity contribution in [3.63, 3.8) is 0 Å². The van der Waals surface area contributed by atoms with Gasteiger partial charge in [0.2, 0.25) is 0 Å². The number of hydrogen-bond acceptors (Lipinski definition) is 4. The number of hydrogen-bond donors (Lipinski definition) is 3. The molecule has 8 heteroatoms. The molecule has 102 valence electrons. The number of fused-ring (bicyclic) bond motifs is 1. The topological polar surface area (TPSA) is 92.9 Å². The summed E-state index contributed by atoms with van der Waals surface area (Å²) in [7, 11) is 0. The predicted molar refractivity (Wildman–Crippen MR) is 80.6 cm³/mol. The minimum atomic E-state index is -0.301. The molecule has 0 bridgehead atoms. The summed E-state index contributed by atoms with van der Waals surface area (Å²) < 4.78 is 0.705. The SMILES string of the molecule is Cl.NCCNC(=O)Nc1ccc2nccnc2c1Br. The first-order chi connectivity index (χ1) is 8.72. The maximum atomic E-state index is 11.5. The molecule has 2 aromatic rings. The van der Waals surface area contributed by atoms with Crippen LogP contribution in [0.15, 0.2) is 29.0 Å². The highest BCUT2D eigenvalue weighted by atomic mass is 79.9. The fourth-order valence-electron chi connectivity index (χ4n) is 1.45. The average Bonchev–Trinajstić information content (AvgIpc) is 2.40. The van der Waals surface area contributed by atoms with E-state index in [1.165, 1.54) is 0 Å². The van der Waals surface area contributed by atoms with E-state index in [0.717, 1.165) is 5.52 Å². The number of benzene rings is 1. The van der Waals surface area contributed by atoms with Crippen molar-refractivity contribution in [1.82, 2.24) is 15.3 Å². The number of halogens is 2. The molecule has 1 aromatic carbocycles. The molecule has 19 heavy (non-hydrogen) atoms. The molecule has 2 rings (SSSR count). The molecule has 6 nitrogen and oxygen atoms in total. The van der Waals surface area contributed by atoms with Crippen molar-refractivity contribution in [2.24, 2.45) is 5.73 Å². The van der Waals surface area contributed by atoms with Gasteiger partial charge in [0.05, 0.1) is 15.7 Å². The van der Waals surface area contributed by atoms with Crippen LogP contribution in [0.3, 0.4) is 0 Å². The summed E-state index contributed by atoms with van der Waals surface area (Å²) in [6.45, 7) is 0.828. The van der Waals surface area contributed by atoms with E-state index in [1.807, 2.05) is 0 Å². The van der Waals surface area contributed by atoms with E-state index in [9.17, 15) is 4.79 Å². The van der Waals surface area contributed by atoms with Gasteiger partial charge >= 0.3 is 6.03 Å². The lowest BCUT2D eigenvalue weighted by Gasteiger charge is -2.09. The van der Waals surface area contributed by atoms with Crippen LogP contribution >= 0.6 is 28.3 Å². The molecule has 0 atom stereocenters. The van der Waals surface area contributed by atoms with E-state index < -0.39 is 0 Å². The Morgan fingerprint density at radius 2 is 2.05 bits per heavy atom. The molecule has 0 saturated carbocycles. The first-order valence-corrected chi connectivity index (χ1v) is 6.16. The van der Waals surface area contributed by atoms with E-state index in [4.69, 9.17) is 5.73 Å². The number of anilines is 1. The number of carbonyl (C=O) groups excluding carboxylic acids is 1. The highest BCUT2D eigenvalue weighted by Crippen LogP contribution is 2.28. The molecular formula is C11H13BrClN5O. The first-order valence-electron chi connectivity index (χ1n) is 5.36.